The summed E-state index contributed by atoms with van der Waals surface area (Å²) in [7, 11) is 1.60. The van der Waals surface area contributed by atoms with E-state index in [1.54, 1.807) is 25.3 Å². The van der Waals surface area contributed by atoms with Gasteiger partial charge < -0.3 is 24.4 Å². The Morgan fingerprint density at radius 1 is 1.26 bits per heavy atom. The van der Waals surface area contributed by atoms with Gasteiger partial charge in [-0.15, -0.1) is 0 Å². The van der Waals surface area contributed by atoms with Crippen molar-refractivity contribution in [3.63, 3.8) is 0 Å². The van der Waals surface area contributed by atoms with E-state index in [0.717, 1.165) is 16.9 Å². The number of benzene rings is 2. The van der Waals surface area contributed by atoms with Crippen molar-refractivity contribution < 1.29 is 29.2 Å². The number of hydrogen-bond acceptors (Lipinski definition) is 6. The zero-order valence-electron chi connectivity index (χ0n) is 17.1. The zero-order valence-corrected chi connectivity index (χ0v) is 17.1. The van der Waals surface area contributed by atoms with E-state index in [0.29, 0.717) is 13.0 Å². The number of aliphatic hydroxyl groups excluding tert-OH is 1. The Balaban J connectivity index is 1.59. The molecule has 0 saturated carbocycles. The van der Waals surface area contributed by atoms with E-state index in [-0.39, 0.29) is 24.7 Å². The third-order valence-corrected chi connectivity index (χ3v) is 5.30. The molecule has 1 fully saturated rings. The van der Waals surface area contributed by atoms with E-state index < -0.39 is 24.2 Å². The van der Waals surface area contributed by atoms with Gasteiger partial charge in [-0.2, -0.15) is 0 Å². The van der Waals surface area contributed by atoms with Crippen molar-refractivity contribution in [2.24, 2.45) is 11.0 Å². The van der Waals surface area contributed by atoms with Crippen LogP contribution in [0.25, 0.3) is 10.4 Å². The zero-order chi connectivity index (χ0) is 22.2. The molecule has 31 heavy (non-hydrogen) atoms. The summed E-state index contributed by atoms with van der Waals surface area (Å²) in [4.78, 5) is 14.0. The Labute approximate surface area is 179 Å². The third-order valence-electron chi connectivity index (χ3n) is 5.30. The smallest absolute Gasteiger partial charge is 0.335 e. The first-order valence-electron chi connectivity index (χ1n) is 9.88. The molecule has 3 rings (SSSR count). The van der Waals surface area contributed by atoms with Crippen LogP contribution in [0.3, 0.4) is 0 Å². The monoisotopic (exact) mass is 427 g/mol. The number of aliphatic hydroxyl groups is 1. The van der Waals surface area contributed by atoms with Crippen LogP contribution in [0.15, 0.2) is 53.6 Å². The summed E-state index contributed by atoms with van der Waals surface area (Å²) in [5.74, 6) is -0.591. The molecular weight excluding hydrogens is 402 g/mol. The van der Waals surface area contributed by atoms with Gasteiger partial charge in [-0.3, -0.25) is 0 Å². The average molecular weight is 427 g/mol. The average Bonchev–Trinajstić information content (AvgIpc) is 2.78. The maximum absolute atomic E-state index is 11.2. The van der Waals surface area contributed by atoms with Gasteiger partial charge in [0, 0.05) is 10.8 Å². The number of hydrogen-bond donors (Lipinski definition) is 2. The molecule has 1 aliphatic heterocycles. The topological polar surface area (TPSA) is 134 Å². The van der Waals surface area contributed by atoms with Crippen LogP contribution in [0, 0.1) is 5.92 Å². The minimum absolute atomic E-state index is 0.161. The molecule has 1 aliphatic rings. The molecule has 1 saturated heterocycles. The number of rotatable bonds is 9. The quantitative estimate of drug-likeness (QED) is 0.358. The molecular formula is C22H25N3O6. The van der Waals surface area contributed by atoms with Gasteiger partial charge in [-0.1, -0.05) is 29.4 Å². The Hall–Kier alpha value is -3.10. The Morgan fingerprint density at radius 2 is 2.03 bits per heavy atom. The lowest BCUT2D eigenvalue weighted by molar-refractivity contribution is -0.123. The minimum Gasteiger partial charge on any atom is -0.497 e. The first-order valence-corrected chi connectivity index (χ1v) is 9.88. The predicted octanol–water partition coefficient (Wildman–Crippen LogP) is 3.21. The molecule has 0 aliphatic carbocycles. The maximum Gasteiger partial charge on any atom is 0.335 e. The van der Waals surface area contributed by atoms with Crippen LogP contribution in [0.2, 0.25) is 0 Å². The highest BCUT2D eigenvalue weighted by molar-refractivity contribution is 5.87. The molecule has 164 valence electrons. The number of methoxy groups -OCH3 is 1. The lowest BCUT2D eigenvalue weighted by atomic mass is 9.86. The van der Waals surface area contributed by atoms with Crippen LogP contribution >= 0.6 is 0 Å². The van der Waals surface area contributed by atoms with Crippen molar-refractivity contribution in [1.82, 2.24) is 0 Å². The highest BCUT2D eigenvalue weighted by atomic mass is 16.5. The number of aromatic carboxylic acids is 1. The van der Waals surface area contributed by atoms with E-state index in [2.05, 4.69) is 10.0 Å². The molecule has 2 aromatic rings. The first kappa shape index (κ1) is 22.6. The molecule has 9 heteroatoms. The highest BCUT2D eigenvalue weighted by Gasteiger charge is 2.39. The molecule has 0 aromatic heterocycles. The van der Waals surface area contributed by atoms with E-state index in [1.807, 2.05) is 24.3 Å². The number of ether oxygens (including phenoxy) is 3. The summed E-state index contributed by atoms with van der Waals surface area (Å²) >= 11 is 0. The Kier molecular flexibility index (Phi) is 7.86. The van der Waals surface area contributed by atoms with Gasteiger partial charge in [0.2, 0.25) is 0 Å². The fraction of sp³-hybridized carbons (Fsp3) is 0.409. The van der Waals surface area contributed by atoms with Gasteiger partial charge in [-0.05, 0) is 47.3 Å². The molecule has 9 nitrogen and oxygen atoms in total. The molecule has 2 aromatic carbocycles. The molecule has 4 atom stereocenters. The molecule has 0 spiro atoms. The van der Waals surface area contributed by atoms with Gasteiger partial charge in [0.1, 0.15) is 5.75 Å². The highest BCUT2D eigenvalue weighted by Crippen LogP contribution is 2.27. The van der Waals surface area contributed by atoms with E-state index >= 15 is 0 Å². The second-order valence-corrected chi connectivity index (χ2v) is 7.39. The number of carboxylic acids is 1. The van der Waals surface area contributed by atoms with Crippen molar-refractivity contribution in [1.29, 1.82) is 0 Å². The lowest BCUT2D eigenvalue weighted by Gasteiger charge is -2.38. The molecule has 2 N–H and O–H groups in total. The maximum atomic E-state index is 11.2. The van der Waals surface area contributed by atoms with Gasteiger partial charge >= 0.3 is 5.97 Å². The molecule has 1 heterocycles. The summed E-state index contributed by atoms with van der Waals surface area (Å²) in [6, 6.07) is 13.2. The lowest BCUT2D eigenvalue weighted by Crippen LogP contribution is -2.51. The van der Waals surface area contributed by atoms with Crippen LogP contribution in [0.1, 0.15) is 21.5 Å². The van der Waals surface area contributed by atoms with Crippen LogP contribution in [0.4, 0.5) is 0 Å². The van der Waals surface area contributed by atoms with Crippen molar-refractivity contribution >= 4 is 5.97 Å². The number of azide groups is 1. The van der Waals surface area contributed by atoms with E-state index in [4.69, 9.17) is 24.8 Å². The first-order chi connectivity index (χ1) is 15.0. The minimum atomic E-state index is -1.01. The van der Waals surface area contributed by atoms with Gasteiger partial charge in [-0.25, -0.2) is 4.79 Å². The largest absolute Gasteiger partial charge is 0.497 e. The van der Waals surface area contributed by atoms with Crippen molar-refractivity contribution in [3.05, 3.63) is 75.7 Å². The van der Waals surface area contributed by atoms with Crippen molar-refractivity contribution in [2.75, 3.05) is 20.3 Å². The number of carbonyl (C=O) groups is 1. The van der Waals surface area contributed by atoms with Crippen molar-refractivity contribution in [3.8, 4) is 5.75 Å². The van der Waals surface area contributed by atoms with Crippen LogP contribution in [0.5, 0.6) is 5.75 Å². The number of nitrogens with zero attached hydrogens (tertiary/aromatic N) is 3. The second-order valence-electron chi connectivity index (χ2n) is 7.39. The van der Waals surface area contributed by atoms with Gasteiger partial charge in [0.15, 0.2) is 0 Å². The molecule has 0 unspecified atom stereocenters. The number of carboxylic acid groups (broad SMARTS) is 1. The predicted molar refractivity (Wildman–Crippen MR) is 112 cm³/mol. The Bertz CT molecular complexity index is 929. The second kappa shape index (κ2) is 10.8. The summed E-state index contributed by atoms with van der Waals surface area (Å²) in [6.45, 7) is 0.745. The summed E-state index contributed by atoms with van der Waals surface area (Å²) in [5.41, 5.74) is 10.9. The van der Waals surface area contributed by atoms with Crippen LogP contribution in [-0.4, -0.2) is 54.8 Å². The molecule has 0 amide bonds. The summed E-state index contributed by atoms with van der Waals surface area (Å²) < 4.78 is 16.7. The van der Waals surface area contributed by atoms with Crippen molar-refractivity contribution in [2.45, 2.75) is 31.3 Å². The molecule has 0 radical (unpaired) electrons. The standard InChI is InChI=1S/C22H25N3O6/c1-29-18-7-5-14(6-8-18)11-30-13-19-20(24-25-23)21(26)17(12-31-19)10-15-3-2-4-16(9-15)22(27)28/h2-9,17,19-21,26H,10-13H2,1H3,(H,27,28)/t17-,19+,20-,21+/m0/s1. The summed E-state index contributed by atoms with van der Waals surface area (Å²) in [5, 5.41) is 23.7. The Morgan fingerprint density at radius 3 is 2.71 bits per heavy atom. The van der Waals surface area contributed by atoms with E-state index in [1.165, 1.54) is 6.07 Å². The molecule has 0 bridgehead atoms. The summed E-state index contributed by atoms with van der Waals surface area (Å²) in [6.07, 6.45) is -1.11. The van der Waals surface area contributed by atoms with Gasteiger partial charge in [0.25, 0.3) is 0 Å². The van der Waals surface area contributed by atoms with Crippen LogP contribution in [-0.2, 0) is 22.5 Å². The van der Waals surface area contributed by atoms with E-state index in [9.17, 15) is 9.90 Å². The normalized spacial score (nSPS) is 23.0. The fourth-order valence-electron chi connectivity index (χ4n) is 3.62. The van der Waals surface area contributed by atoms with Crippen LogP contribution < -0.4 is 4.74 Å². The van der Waals surface area contributed by atoms with Gasteiger partial charge in [0.05, 0.1) is 50.7 Å². The SMILES string of the molecule is COc1ccc(COC[C@H]2OC[C@H](Cc3cccc(C(=O)O)c3)[C@@H](O)[C@H]2N=[N+]=[N-])cc1. The third kappa shape index (κ3) is 5.96. The fourth-order valence-corrected chi connectivity index (χ4v) is 3.62.